The molecule has 0 saturated heterocycles. The van der Waals surface area contributed by atoms with E-state index in [4.69, 9.17) is 0 Å². The smallest absolute Gasteiger partial charge is 0.0972 e. The molecule has 0 saturated carbocycles. The van der Waals surface area contributed by atoms with E-state index >= 15 is 0 Å². The van der Waals surface area contributed by atoms with Gasteiger partial charge in [0, 0.05) is 17.5 Å². The van der Waals surface area contributed by atoms with Gasteiger partial charge in [0.05, 0.1) is 5.01 Å². The molecule has 0 aromatic carbocycles. The summed E-state index contributed by atoms with van der Waals surface area (Å²) in [5, 5.41) is 3.32. The molecule has 3 rings (SSSR count). The van der Waals surface area contributed by atoms with E-state index in [0.717, 1.165) is 12.1 Å². The lowest BCUT2D eigenvalue weighted by atomic mass is 10.1. The SMILES string of the molecule is Cc1csc(Cc2c(C)cc3cccccc2-3)n1. The van der Waals surface area contributed by atoms with Crippen LogP contribution in [-0.4, -0.2) is 4.98 Å². The van der Waals surface area contributed by atoms with E-state index in [-0.39, 0.29) is 0 Å². The molecule has 0 fully saturated rings. The third kappa shape index (κ3) is 2.04. The van der Waals surface area contributed by atoms with Crippen LogP contribution in [0.4, 0.5) is 0 Å². The second-order valence-corrected chi connectivity index (χ2v) is 5.59. The zero-order chi connectivity index (χ0) is 12.5. The third-order valence-corrected chi connectivity index (χ3v) is 4.21. The van der Waals surface area contributed by atoms with Gasteiger partial charge in [0.25, 0.3) is 0 Å². The number of nitrogens with zero attached hydrogens (tertiary/aromatic N) is 1. The zero-order valence-corrected chi connectivity index (χ0v) is 11.4. The van der Waals surface area contributed by atoms with Crippen LogP contribution in [0.2, 0.25) is 0 Å². The fraction of sp³-hybridized carbons (Fsp3) is 0.188. The highest BCUT2D eigenvalue weighted by molar-refractivity contribution is 7.09. The summed E-state index contributed by atoms with van der Waals surface area (Å²) in [6, 6.07) is 12.9. The Hall–Kier alpha value is -1.67. The van der Waals surface area contributed by atoms with Crippen molar-refractivity contribution in [1.82, 2.24) is 4.98 Å². The van der Waals surface area contributed by atoms with E-state index in [1.54, 1.807) is 11.3 Å². The highest BCUT2D eigenvalue weighted by atomic mass is 32.1. The van der Waals surface area contributed by atoms with Gasteiger partial charge in [-0.1, -0.05) is 36.4 Å². The van der Waals surface area contributed by atoms with E-state index in [9.17, 15) is 0 Å². The normalized spacial score (nSPS) is 11.0. The summed E-state index contributed by atoms with van der Waals surface area (Å²) in [5.74, 6) is 0. The van der Waals surface area contributed by atoms with Crippen molar-refractivity contribution in [2.75, 3.05) is 0 Å². The van der Waals surface area contributed by atoms with Gasteiger partial charge in [-0.15, -0.1) is 11.3 Å². The molecule has 0 bridgehead atoms. The molecule has 2 heteroatoms. The van der Waals surface area contributed by atoms with Crippen LogP contribution in [0, 0.1) is 13.8 Å². The van der Waals surface area contributed by atoms with Gasteiger partial charge in [-0.25, -0.2) is 4.98 Å². The van der Waals surface area contributed by atoms with Crippen molar-refractivity contribution in [2.45, 2.75) is 20.3 Å². The molecule has 0 N–H and O–H groups in total. The summed E-state index contributed by atoms with van der Waals surface area (Å²) >= 11 is 1.75. The van der Waals surface area contributed by atoms with Crippen LogP contribution in [0.5, 0.6) is 0 Å². The first-order chi connectivity index (χ1) is 8.74. The number of hydrogen-bond donors (Lipinski definition) is 0. The third-order valence-electron chi connectivity index (χ3n) is 3.24. The van der Waals surface area contributed by atoms with E-state index in [1.807, 2.05) is 0 Å². The Morgan fingerprint density at radius 1 is 1.11 bits per heavy atom. The number of thiazole rings is 1. The molecular weight excluding hydrogens is 238 g/mol. The maximum Gasteiger partial charge on any atom is 0.0972 e. The van der Waals surface area contributed by atoms with Crippen LogP contribution in [0.25, 0.3) is 11.1 Å². The lowest BCUT2D eigenvalue weighted by Gasteiger charge is -2.01. The Balaban J connectivity index is 2.06. The lowest BCUT2D eigenvalue weighted by Crippen LogP contribution is -1.89. The van der Waals surface area contributed by atoms with Crippen molar-refractivity contribution in [3.8, 4) is 11.1 Å². The van der Waals surface area contributed by atoms with Crippen LogP contribution in [0.1, 0.15) is 21.8 Å². The molecule has 1 aromatic heterocycles. The predicted molar refractivity (Wildman–Crippen MR) is 77.5 cm³/mol. The second-order valence-electron chi connectivity index (χ2n) is 4.65. The van der Waals surface area contributed by atoms with Crippen molar-refractivity contribution < 1.29 is 0 Å². The molecule has 0 unspecified atom stereocenters. The minimum Gasteiger partial charge on any atom is -0.246 e. The van der Waals surface area contributed by atoms with E-state index < -0.39 is 0 Å². The summed E-state index contributed by atoms with van der Waals surface area (Å²) < 4.78 is 0. The van der Waals surface area contributed by atoms with Crippen LogP contribution < -0.4 is 0 Å². The molecule has 0 radical (unpaired) electrons. The van der Waals surface area contributed by atoms with Crippen molar-refractivity contribution >= 4 is 11.3 Å². The van der Waals surface area contributed by atoms with Crippen LogP contribution in [0.15, 0.2) is 41.8 Å². The molecule has 0 amide bonds. The fourth-order valence-electron chi connectivity index (χ4n) is 2.36. The fourth-order valence-corrected chi connectivity index (χ4v) is 3.15. The molecule has 0 spiro atoms. The van der Waals surface area contributed by atoms with Gasteiger partial charge >= 0.3 is 0 Å². The summed E-state index contributed by atoms with van der Waals surface area (Å²) in [7, 11) is 0. The van der Waals surface area contributed by atoms with E-state index in [2.05, 4.69) is 60.6 Å². The van der Waals surface area contributed by atoms with E-state index in [0.29, 0.717) is 0 Å². The van der Waals surface area contributed by atoms with Crippen molar-refractivity contribution in [1.29, 1.82) is 0 Å². The lowest BCUT2D eigenvalue weighted by molar-refractivity contribution is 1.10. The molecule has 0 aliphatic heterocycles. The van der Waals surface area contributed by atoms with Crippen molar-refractivity contribution in [3.05, 3.63) is 63.6 Å². The number of aromatic nitrogens is 1. The maximum atomic E-state index is 4.57. The topological polar surface area (TPSA) is 12.9 Å². The van der Waals surface area contributed by atoms with Gasteiger partial charge in [-0.3, -0.25) is 0 Å². The average molecular weight is 253 g/mol. The number of aryl methyl sites for hydroxylation is 2. The Labute approximate surface area is 111 Å². The van der Waals surface area contributed by atoms with Gasteiger partial charge in [-0.2, -0.15) is 0 Å². The Morgan fingerprint density at radius 2 is 1.94 bits per heavy atom. The molecular formula is C16H15NS. The van der Waals surface area contributed by atoms with Crippen LogP contribution in [0.3, 0.4) is 0 Å². The van der Waals surface area contributed by atoms with Gasteiger partial charge in [-0.05, 0) is 36.1 Å². The average Bonchev–Trinajstić information content (AvgIpc) is 2.78. The van der Waals surface area contributed by atoms with Crippen LogP contribution in [-0.2, 0) is 6.42 Å². The molecule has 2 aliphatic rings. The predicted octanol–water partition coefficient (Wildman–Crippen LogP) is 4.46. The number of rotatable bonds is 2. The summed E-state index contributed by atoms with van der Waals surface area (Å²) in [5.41, 5.74) is 6.57. The molecule has 18 heavy (non-hydrogen) atoms. The summed E-state index contributed by atoms with van der Waals surface area (Å²) in [4.78, 5) is 4.57. The molecule has 2 aliphatic carbocycles. The van der Waals surface area contributed by atoms with Gasteiger partial charge < -0.3 is 0 Å². The Kier molecular flexibility index (Phi) is 2.88. The molecule has 90 valence electrons. The quantitative estimate of drug-likeness (QED) is 0.657. The molecule has 1 heterocycles. The largest absolute Gasteiger partial charge is 0.246 e. The van der Waals surface area contributed by atoms with Crippen molar-refractivity contribution in [3.63, 3.8) is 0 Å². The molecule has 1 aromatic rings. The minimum atomic E-state index is 0.942. The van der Waals surface area contributed by atoms with Crippen molar-refractivity contribution in [2.24, 2.45) is 0 Å². The first-order valence-electron chi connectivity index (χ1n) is 6.12. The van der Waals surface area contributed by atoms with E-state index in [1.165, 1.54) is 27.3 Å². The standard InChI is InChI=1S/C16H15NS/c1-11-8-13-6-4-3-5-7-14(13)15(11)9-16-17-12(2)10-18-16/h3-8,10H,9H2,1-2H3. The summed E-state index contributed by atoms with van der Waals surface area (Å²) in [6.07, 6.45) is 0.942. The van der Waals surface area contributed by atoms with Gasteiger partial charge in [0.1, 0.15) is 0 Å². The number of hydrogen-bond acceptors (Lipinski definition) is 2. The Morgan fingerprint density at radius 3 is 2.72 bits per heavy atom. The maximum absolute atomic E-state index is 4.57. The highest BCUT2D eigenvalue weighted by Gasteiger charge is 2.13. The Bertz CT molecular complexity index is 654. The first-order valence-corrected chi connectivity index (χ1v) is 7.00. The molecule has 1 nitrogen and oxygen atoms in total. The second kappa shape index (κ2) is 4.54. The summed E-state index contributed by atoms with van der Waals surface area (Å²) in [6.45, 7) is 4.24. The molecule has 0 atom stereocenters. The number of fused-ring (bicyclic) bond motifs is 1. The van der Waals surface area contributed by atoms with Gasteiger partial charge in [0.15, 0.2) is 0 Å². The minimum absolute atomic E-state index is 0.942. The monoisotopic (exact) mass is 253 g/mol. The zero-order valence-electron chi connectivity index (χ0n) is 10.6. The van der Waals surface area contributed by atoms with Gasteiger partial charge in [0.2, 0.25) is 0 Å². The van der Waals surface area contributed by atoms with Crippen LogP contribution >= 0.6 is 11.3 Å². The first kappa shape index (κ1) is 11.4. The highest BCUT2D eigenvalue weighted by Crippen LogP contribution is 2.32.